The summed E-state index contributed by atoms with van der Waals surface area (Å²) in [5.41, 5.74) is 6.63. The first kappa shape index (κ1) is 14.0. The summed E-state index contributed by atoms with van der Waals surface area (Å²) in [6.45, 7) is 2.53. The number of amides is 1. The summed E-state index contributed by atoms with van der Waals surface area (Å²) < 4.78 is 1.03. The molecule has 0 aliphatic heterocycles. The van der Waals surface area contributed by atoms with Crippen molar-refractivity contribution in [1.82, 2.24) is 10.3 Å². The summed E-state index contributed by atoms with van der Waals surface area (Å²) >= 11 is 3.05. The van der Waals surface area contributed by atoms with Gasteiger partial charge in [0.05, 0.1) is 12.2 Å². The van der Waals surface area contributed by atoms with E-state index in [1.807, 2.05) is 30.5 Å². The zero-order chi connectivity index (χ0) is 14.8. The van der Waals surface area contributed by atoms with Gasteiger partial charge in [0.15, 0.2) is 0 Å². The van der Waals surface area contributed by atoms with Crippen molar-refractivity contribution in [3.63, 3.8) is 0 Å². The third kappa shape index (κ3) is 2.77. The summed E-state index contributed by atoms with van der Waals surface area (Å²) in [5, 5.41) is 4.75. The molecule has 0 spiro atoms. The molecule has 1 aromatic carbocycles. The first-order valence-electron chi connectivity index (χ1n) is 6.67. The van der Waals surface area contributed by atoms with E-state index in [-0.39, 0.29) is 5.91 Å². The molecule has 0 aliphatic carbocycles. The molecule has 1 amide bonds. The second kappa shape index (κ2) is 5.83. The van der Waals surface area contributed by atoms with Gasteiger partial charge in [-0.15, -0.1) is 22.7 Å². The van der Waals surface area contributed by atoms with Crippen molar-refractivity contribution in [3.05, 3.63) is 45.2 Å². The highest BCUT2D eigenvalue weighted by Gasteiger charge is 2.16. The molecule has 0 bridgehead atoms. The highest BCUT2D eigenvalue weighted by atomic mass is 32.1. The molecule has 4 nitrogen and oxygen atoms in total. The van der Waals surface area contributed by atoms with Crippen LogP contribution in [-0.2, 0) is 13.0 Å². The third-order valence-corrected chi connectivity index (χ3v) is 5.52. The number of rotatable bonds is 4. The minimum atomic E-state index is -0.137. The largest absolute Gasteiger partial charge is 0.397 e. The van der Waals surface area contributed by atoms with Gasteiger partial charge < -0.3 is 11.1 Å². The Balaban J connectivity index is 1.76. The van der Waals surface area contributed by atoms with E-state index < -0.39 is 0 Å². The number of nitrogens with one attached hydrogen (secondary N) is 1. The van der Waals surface area contributed by atoms with Crippen molar-refractivity contribution < 1.29 is 4.79 Å². The summed E-state index contributed by atoms with van der Waals surface area (Å²) in [7, 11) is 0. The average Bonchev–Trinajstić information content (AvgIpc) is 3.10. The second-order valence-corrected chi connectivity index (χ2v) is 6.85. The minimum absolute atomic E-state index is 0.137. The summed E-state index contributed by atoms with van der Waals surface area (Å²) in [5.74, 6) is -0.137. The van der Waals surface area contributed by atoms with Crippen molar-refractivity contribution in [1.29, 1.82) is 0 Å². The van der Waals surface area contributed by atoms with Gasteiger partial charge in [0, 0.05) is 21.2 Å². The third-order valence-electron chi connectivity index (χ3n) is 3.19. The number of carbonyl (C=O) groups excluding carboxylic acids is 1. The molecule has 2 aromatic heterocycles. The number of hydrogen-bond donors (Lipinski definition) is 2. The number of thiazole rings is 1. The Morgan fingerprint density at radius 2 is 2.14 bits per heavy atom. The number of hydrogen-bond acceptors (Lipinski definition) is 5. The van der Waals surface area contributed by atoms with Gasteiger partial charge in [-0.2, -0.15) is 0 Å². The molecule has 2 heterocycles. The molecule has 0 saturated heterocycles. The standard InChI is InChI=1S/C15H15N3OS2/c1-2-9-7-17-12(20-9)8-18-15(19)14-13(16)10-5-3-4-6-11(10)21-14/h3-7H,2,8,16H2,1H3,(H,18,19). The topological polar surface area (TPSA) is 68.0 Å². The van der Waals surface area contributed by atoms with Gasteiger partial charge in [0.2, 0.25) is 0 Å². The lowest BCUT2D eigenvalue weighted by atomic mass is 10.2. The maximum atomic E-state index is 12.3. The Morgan fingerprint density at radius 3 is 2.86 bits per heavy atom. The van der Waals surface area contributed by atoms with Crippen LogP contribution in [0, 0.1) is 0 Å². The van der Waals surface area contributed by atoms with Crippen LogP contribution in [0.1, 0.15) is 26.5 Å². The molecule has 3 rings (SSSR count). The predicted molar refractivity (Wildman–Crippen MR) is 88.9 cm³/mol. The van der Waals surface area contributed by atoms with Gasteiger partial charge in [-0.05, 0) is 12.5 Å². The summed E-state index contributed by atoms with van der Waals surface area (Å²) in [4.78, 5) is 18.4. The lowest BCUT2D eigenvalue weighted by Gasteiger charge is -2.01. The Labute approximate surface area is 130 Å². The quantitative estimate of drug-likeness (QED) is 0.774. The molecule has 3 N–H and O–H groups in total. The fourth-order valence-corrected chi connectivity index (χ4v) is 3.90. The number of benzene rings is 1. The number of thiophene rings is 1. The maximum absolute atomic E-state index is 12.3. The number of nitrogens with two attached hydrogens (primary N) is 1. The summed E-state index contributed by atoms with van der Waals surface area (Å²) in [6.07, 6.45) is 2.83. The van der Waals surface area contributed by atoms with E-state index in [1.54, 1.807) is 11.3 Å². The number of nitrogen functional groups attached to an aromatic ring is 1. The number of aromatic nitrogens is 1. The van der Waals surface area contributed by atoms with Gasteiger partial charge >= 0.3 is 0 Å². The number of fused-ring (bicyclic) bond motifs is 1. The van der Waals surface area contributed by atoms with Crippen molar-refractivity contribution in [2.45, 2.75) is 19.9 Å². The van der Waals surface area contributed by atoms with Crippen molar-refractivity contribution >= 4 is 44.4 Å². The van der Waals surface area contributed by atoms with E-state index in [4.69, 9.17) is 5.73 Å². The Bertz CT molecular complexity index is 791. The van der Waals surface area contributed by atoms with Crippen LogP contribution in [-0.4, -0.2) is 10.9 Å². The van der Waals surface area contributed by atoms with E-state index in [0.29, 0.717) is 17.1 Å². The number of aryl methyl sites for hydroxylation is 1. The first-order chi connectivity index (χ1) is 10.2. The molecule has 3 aromatic rings. The second-order valence-electron chi connectivity index (χ2n) is 4.60. The van der Waals surface area contributed by atoms with Crippen LogP contribution in [0.5, 0.6) is 0 Å². The lowest BCUT2D eigenvalue weighted by molar-refractivity contribution is 0.0956. The van der Waals surface area contributed by atoms with E-state index in [2.05, 4.69) is 17.2 Å². The van der Waals surface area contributed by atoms with E-state index >= 15 is 0 Å². The monoisotopic (exact) mass is 317 g/mol. The van der Waals surface area contributed by atoms with Crippen LogP contribution < -0.4 is 11.1 Å². The molecule has 0 radical (unpaired) electrons. The number of carbonyl (C=O) groups is 1. The molecule has 0 aliphatic rings. The Hall–Kier alpha value is -1.92. The van der Waals surface area contributed by atoms with Gasteiger partial charge in [-0.3, -0.25) is 4.79 Å². The van der Waals surface area contributed by atoms with Gasteiger partial charge in [0.25, 0.3) is 5.91 Å². The predicted octanol–water partition coefficient (Wildman–Crippen LogP) is 3.43. The van der Waals surface area contributed by atoms with Crippen molar-refractivity contribution in [3.8, 4) is 0 Å². The van der Waals surface area contributed by atoms with E-state index in [0.717, 1.165) is 21.5 Å². The minimum Gasteiger partial charge on any atom is -0.397 e. The van der Waals surface area contributed by atoms with Gasteiger partial charge in [-0.25, -0.2) is 4.98 Å². The lowest BCUT2D eigenvalue weighted by Crippen LogP contribution is -2.22. The van der Waals surface area contributed by atoms with Crippen LogP contribution in [0.3, 0.4) is 0 Å². The fraction of sp³-hybridized carbons (Fsp3) is 0.200. The van der Waals surface area contributed by atoms with Crippen LogP contribution in [0.2, 0.25) is 0 Å². The molecule has 6 heteroatoms. The summed E-state index contributed by atoms with van der Waals surface area (Å²) in [6, 6.07) is 7.78. The zero-order valence-electron chi connectivity index (χ0n) is 11.6. The molecule has 0 atom stereocenters. The number of anilines is 1. The van der Waals surface area contributed by atoms with Crippen LogP contribution in [0.25, 0.3) is 10.1 Å². The van der Waals surface area contributed by atoms with Gasteiger partial charge in [0.1, 0.15) is 9.88 Å². The molecule has 21 heavy (non-hydrogen) atoms. The molecular formula is C15H15N3OS2. The Morgan fingerprint density at radius 1 is 1.33 bits per heavy atom. The molecule has 0 saturated carbocycles. The highest BCUT2D eigenvalue weighted by molar-refractivity contribution is 7.21. The fourth-order valence-electron chi connectivity index (χ4n) is 2.06. The molecule has 108 valence electrons. The smallest absolute Gasteiger partial charge is 0.263 e. The Kier molecular flexibility index (Phi) is 3.90. The van der Waals surface area contributed by atoms with E-state index in [1.165, 1.54) is 16.2 Å². The van der Waals surface area contributed by atoms with Crippen molar-refractivity contribution in [2.75, 3.05) is 5.73 Å². The van der Waals surface area contributed by atoms with Gasteiger partial charge in [-0.1, -0.05) is 25.1 Å². The SMILES string of the molecule is CCc1cnc(CNC(=O)c2sc3ccccc3c2N)s1. The molecular weight excluding hydrogens is 302 g/mol. The molecule has 0 unspecified atom stereocenters. The number of nitrogens with zero attached hydrogens (tertiary/aromatic N) is 1. The van der Waals surface area contributed by atoms with Crippen molar-refractivity contribution in [2.24, 2.45) is 0 Å². The van der Waals surface area contributed by atoms with Crippen LogP contribution >= 0.6 is 22.7 Å². The van der Waals surface area contributed by atoms with E-state index in [9.17, 15) is 4.79 Å². The maximum Gasteiger partial charge on any atom is 0.263 e. The normalized spacial score (nSPS) is 10.9. The molecule has 0 fully saturated rings. The first-order valence-corrected chi connectivity index (χ1v) is 8.31. The van der Waals surface area contributed by atoms with Crippen LogP contribution in [0.4, 0.5) is 5.69 Å². The average molecular weight is 317 g/mol. The highest BCUT2D eigenvalue weighted by Crippen LogP contribution is 2.33. The van der Waals surface area contributed by atoms with Crippen LogP contribution in [0.15, 0.2) is 30.5 Å². The zero-order valence-corrected chi connectivity index (χ0v) is 13.2.